The van der Waals surface area contributed by atoms with Gasteiger partial charge in [-0.15, -0.1) is 0 Å². The number of nitrogens with zero attached hydrogens (tertiary/aromatic N) is 3. The number of fused-ring (bicyclic) bond motifs is 2. The second-order valence-corrected chi connectivity index (χ2v) is 12.2. The third-order valence-corrected chi connectivity index (χ3v) is 8.18. The van der Waals surface area contributed by atoms with Gasteiger partial charge in [-0.1, -0.05) is 6.07 Å². The predicted octanol–water partition coefficient (Wildman–Crippen LogP) is 4.42. The van der Waals surface area contributed by atoms with Gasteiger partial charge in [-0.2, -0.15) is 4.98 Å². The Morgan fingerprint density at radius 1 is 1.08 bits per heavy atom. The van der Waals surface area contributed by atoms with Gasteiger partial charge in [-0.3, -0.25) is 4.90 Å². The van der Waals surface area contributed by atoms with E-state index in [2.05, 4.69) is 30.2 Å². The summed E-state index contributed by atoms with van der Waals surface area (Å²) >= 11 is 0. The molecule has 2 aliphatic rings. The molecule has 1 fully saturated rings. The topological polar surface area (TPSA) is 108 Å². The van der Waals surface area contributed by atoms with E-state index in [0.29, 0.717) is 30.4 Å². The molecule has 0 bridgehead atoms. The normalized spacial score (nSPS) is 15.5. The van der Waals surface area contributed by atoms with Crippen molar-refractivity contribution in [1.29, 1.82) is 0 Å². The lowest BCUT2D eigenvalue weighted by molar-refractivity contribution is 0.238. The zero-order valence-corrected chi connectivity index (χ0v) is 22.4. The lowest BCUT2D eigenvalue weighted by Gasteiger charge is -2.25. The van der Waals surface area contributed by atoms with Gasteiger partial charge in [-0.05, 0) is 83.1 Å². The van der Waals surface area contributed by atoms with E-state index in [-0.39, 0.29) is 4.90 Å². The van der Waals surface area contributed by atoms with Crippen LogP contribution in [0.5, 0.6) is 5.75 Å². The van der Waals surface area contributed by atoms with E-state index < -0.39 is 15.6 Å². The number of likely N-dealkylation sites (tertiary alicyclic amines) is 1. The Labute approximate surface area is 218 Å². The van der Waals surface area contributed by atoms with Crippen molar-refractivity contribution in [2.24, 2.45) is 0 Å². The van der Waals surface area contributed by atoms with Gasteiger partial charge in [0.1, 0.15) is 18.2 Å². The van der Waals surface area contributed by atoms with Crippen LogP contribution in [-0.4, -0.2) is 55.1 Å². The third-order valence-electron chi connectivity index (χ3n) is 6.33. The first kappa shape index (κ1) is 25.4. The van der Waals surface area contributed by atoms with Gasteiger partial charge < -0.3 is 15.4 Å². The average Bonchev–Trinajstić information content (AvgIpc) is 3.35. The summed E-state index contributed by atoms with van der Waals surface area (Å²) in [4.78, 5) is 11.8. The van der Waals surface area contributed by atoms with Crippen molar-refractivity contribution in [2.75, 3.05) is 36.9 Å². The summed E-state index contributed by atoms with van der Waals surface area (Å²) in [6.07, 6.45) is 4.72. The molecule has 2 aliphatic heterocycles. The SMILES string of the molecule is CC(C)(C)NS(=O)(=O)c1cccc2c1Cc1cnc(Nc3ccc(OCCN4CCCC4)cc3)nc1N2. The molecule has 10 heteroatoms. The Morgan fingerprint density at radius 3 is 2.57 bits per heavy atom. The van der Waals surface area contributed by atoms with Gasteiger partial charge in [0.15, 0.2) is 0 Å². The van der Waals surface area contributed by atoms with Crippen LogP contribution in [0.2, 0.25) is 0 Å². The molecule has 196 valence electrons. The molecule has 5 rings (SSSR count). The molecule has 0 radical (unpaired) electrons. The highest BCUT2D eigenvalue weighted by molar-refractivity contribution is 7.89. The van der Waals surface area contributed by atoms with Gasteiger partial charge in [-0.25, -0.2) is 18.1 Å². The lowest BCUT2D eigenvalue weighted by atomic mass is 10.0. The zero-order valence-electron chi connectivity index (χ0n) is 21.5. The minimum atomic E-state index is -3.68. The summed E-state index contributed by atoms with van der Waals surface area (Å²) in [5.74, 6) is 1.95. The Bertz CT molecular complexity index is 1360. The molecule has 37 heavy (non-hydrogen) atoms. The van der Waals surface area contributed by atoms with Crippen molar-refractivity contribution in [3.8, 4) is 5.75 Å². The van der Waals surface area contributed by atoms with Crippen molar-refractivity contribution in [2.45, 2.75) is 50.5 Å². The van der Waals surface area contributed by atoms with E-state index in [4.69, 9.17) is 4.74 Å². The second kappa shape index (κ2) is 10.3. The molecule has 3 heterocycles. The minimum Gasteiger partial charge on any atom is -0.492 e. The Hall–Kier alpha value is -3.21. The van der Waals surface area contributed by atoms with Crippen molar-refractivity contribution in [3.05, 3.63) is 59.8 Å². The van der Waals surface area contributed by atoms with E-state index in [0.717, 1.165) is 29.2 Å². The molecule has 0 spiro atoms. The second-order valence-electron chi connectivity index (χ2n) is 10.6. The standard InChI is InChI=1S/C27H34N6O3S/c1-27(2,3)32-37(34,35)24-8-6-7-23-22(24)17-19-18-28-26(31-25(19)30-23)29-20-9-11-21(12-10-20)36-16-15-33-13-4-5-14-33/h6-12,18,32H,4-5,13-17H2,1-3H3,(H2,28,29,30,31). The number of rotatable bonds is 8. The highest BCUT2D eigenvalue weighted by Gasteiger charge is 2.28. The first-order chi connectivity index (χ1) is 17.7. The summed E-state index contributed by atoms with van der Waals surface area (Å²) in [5.41, 5.74) is 2.53. The number of anilines is 4. The molecule has 0 unspecified atom stereocenters. The van der Waals surface area contributed by atoms with Gasteiger partial charge in [0, 0.05) is 47.2 Å². The molecular weight excluding hydrogens is 488 g/mol. The number of ether oxygens (including phenoxy) is 1. The maximum atomic E-state index is 13.0. The van der Waals surface area contributed by atoms with Crippen molar-refractivity contribution >= 4 is 33.2 Å². The zero-order chi connectivity index (χ0) is 26.0. The van der Waals surface area contributed by atoms with E-state index in [1.165, 1.54) is 25.9 Å². The van der Waals surface area contributed by atoms with Gasteiger partial charge in [0.05, 0.1) is 4.90 Å². The lowest BCUT2D eigenvalue weighted by Crippen LogP contribution is -2.41. The number of hydrogen-bond acceptors (Lipinski definition) is 8. The van der Waals surface area contributed by atoms with Crippen LogP contribution in [0.3, 0.4) is 0 Å². The molecule has 9 nitrogen and oxygen atoms in total. The van der Waals surface area contributed by atoms with Crippen molar-refractivity contribution in [3.63, 3.8) is 0 Å². The van der Waals surface area contributed by atoms with Crippen LogP contribution in [0.1, 0.15) is 44.7 Å². The quantitative estimate of drug-likeness (QED) is 0.312. The predicted molar refractivity (Wildman–Crippen MR) is 146 cm³/mol. The van der Waals surface area contributed by atoms with Crippen molar-refractivity contribution < 1.29 is 13.2 Å². The van der Waals surface area contributed by atoms with Crippen molar-refractivity contribution in [1.82, 2.24) is 19.6 Å². The van der Waals surface area contributed by atoms with Crippen LogP contribution in [0.15, 0.2) is 53.6 Å². The molecule has 1 aromatic heterocycles. The summed E-state index contributed by atoms with van der Waals surface area (Å²) in [5, 5.41) is 6.53. The number of nitrogens with one attached hydrogen (secondary N) is 3. The fourth-order valence-corrected chi connectivity index (χ4v) is 6.34. The molecule has 0 saturated carbocycles. The largest absolute Gasteiger partial charge is 0.492 e. The van der Waals surface area contributed by atoms with E-state index in [9.17, 15) is 8.42 Å². The molecule has 0 amide bonds. The van der Waals surface area contributed by atoms with Crippen LogP contribution in [-0.2, 0) is 16.4 Å². The fourth-order valence-electron chi connectivity index (χ4n) is 4.66. The molecule has 3 N–H and O–H groups in total. The van der Waals surface area contributed by atoms with Gasteiger partial charge in [0.25, 0.3) is 0 Å². The molecule has 0 atom stereocenters. The fraction of sp³-hybridized carbons (Fsp3) is 0.407. The minimum absolute atomic E-state index is 0.267. The number of benzene rings is 2. The highest BCUT2D eigenvalue weighted by atomic mass is 32.2. The van der Waals surface area contributed by atoms with E-state index >= 15 is 0 Å². The van der Waals surface area contributed by atoms with Crippen LogP contribution in [0.4, 0.5) is 23.1 Å². The van der Waals surface area contributed by atoms with Crippen LogP contribution in [0, 0.1) is 0 Å². The number of aromatic nitrogens is 2. The molecule has 3 aromatic rings. The smallest absolute Gasteiger partial charge is 0.241 e. The maximum Gasteiger partial charge on any atom is 0.241 e. The van der Waals surface area contributed by atoms with Crippen LogP contribution >= 0.6 is 0 Å². The number of sulfonamides is 1. The summed E-state index contributed by atoms with van der Waals surface area (Å²) in [7, 11) is -3.68. The highest BCUT2D eigenvalue weighted by Crippen LogP contribution is 2.36. The maximum absolute atomic E-state index is 13.0. The molecular formula is C27H34N6O3S. The Balaban J connectivity index is 1.25. The van der Waals surface area contributed by atoms with E-state index in [1.54, 1.807) is 18.3 Å². The monoisotopic (exact) mass is 522 g/mol. The molecule has 2 aromatic carbocycles. The summed E-state index contributed by atoms with van der Waals surface area (Å²) < 4.78 is 34.7. The first-order valence-electron chi connectivity index (χ1n) is 12.7. The Morgan fingerprint density at radius 2 is 1.84 bits per heavy atom. The number of hydrogen-bond donors (Lipinski definition) is 3. The Kier molecular flexibility index (Phi) is 7.06. The molecule has 0 aliphatic carbocycles. The first-order valence-corrected chi connectivity index (χ1v) is 14.2. The van der Waals surface area contributed by atoms with Gasteiger partial charge in [0.2, 0.25) is 16.0 Å². The van der Waals surface area contributed by atoms with Crippen LogP contribution < -0.4 is 20.1 Å². The molecule has 1 saturated heterocycles. The summed E-state index contributed by atoms with van der Waals surface area (Å²) in [6.45, 7) is 9.46. The van der Waals surface area contributed by atoms with E-state index in [1.807, 2.05) is 51.1 Å². The van der Waals surface area contributed by atoms with Gasteiger partial charge >= 0.3 is 0 Å². The van der Waals surface area contributed by atoms with Crippen LogP contribution in [0.25, 0.3) is 0 Å². The summed E-state index contributed by atoms with van der Waals surface area (Å²) in [6, 6.07) is 13.0. The third kappa shape index (κ3) is 6.20. The average molecular weight is 523 g/mol.